The molecule has 1 aromatic rings. The van der Waals surface area contributed by atoms with E-state index in [-0.39, 0.29) is 6.61 Å². The predicted molar refractivity (Wildman–Crippen MR) is 69.6 cm³/mol. The number of hydrogen-bond acceptors (Lipinski definition) is 5. The van der Waals surface area contributed by atoms with Crippen molar-refractivity contribution in [2.45, 2.75) is 26.2 Å². The predicted octanol–water partition coefficient (Wildman–Crippen LogP) is 1.70. The molecule has 2 unspecified atom stereocenters. The molecule has 5 heteroatoms. The Labute approximate surface area is 108 Å². The highest BCUT2D eigenvalue weighted by Crippen LogP contribution is 2.31. The van der Waals surface area contributed by atoms with Gasteiger partial charge in [-0.2, -0.15) is 4.98 Å². The smallest absolute Gasteiger partial charge is 0.225 e. The molecule has 0 spiro atoms. The van der Waals surface area contributed by atoms with E-state index in [1.165, 1.54) is 12.8 Å². The molecule has 100 valence electrons. The quantitative estimate of drug-likeness (QED) is 0.805. The molecule has 0 amide bonds. The molecule has 1 aliphatic carbocycles. The Hall–Kier alpha value is -1.36. The van der Waals surface area contributed by atoms with E-state index in [2.05, 4.69) is 15.3 Å². The molecule has 0 aromatic carbocycles. The van der Waals surface area contributed by atoms with Gasteiger partial charge in [-0.05, 0) is 31.6 Å². The highest BCUT2D eigenvalue weighted by molar-refractivity contribution is 5.27. The van der Waals surface area contributed by atoms with Crippen LogP contribution in [0.4, 0.5) is 5.95 Å². The normalized spacial score (nSPS) is 23.0. The van der Waals surface area contributed by atoms with E-state index >= 15 is 0 Å². The Morgan fingerprint density at radius 2 is 2.28 bits per heavy atom. The Morgan fingerprint density at radius 1 is 1.44 bits per heavy atom. The van der Waals surface area contributed by atoms with Gasteiger partial charge in [0.2, 0.25) is 11.8 Å². The topological polar surface area (TPSA) is 67.3 Å². The molecular weight excluding hydrogens is 230 g/mol. The summed E-state index contributed by atoms with van der Waals surface area (Å²) in [7, 11) is 0. The maximum atomic E-state index is 9.27. The van der Waals surface area contributed by atoms with E-state index in [4.69, 9.17) is 4.74 Å². The molecule has 18 heavy (non-hydrogen) atoms. The van der Waals surface area contributed by atoms with Crippen LogP contribution in [-0.4, -0.2) is 34.8 Å². The van der Waals surface area contributed by atoms with Gasteiger partial charge in [-0.3, -0.25) is 0 Å². The van der Waals surface area contributed by atoms with Gasteiger partial charge in [0.25, 0.3) is 0 Å². The van der Waals surface area contributed by atoms with E-state index in [0.717, 1.165) is 13.0 Å². The number of nitrogens with one attached hydrogen (secondary N) is 1. The third-order valence-corrected chi connectivity index (χ3v) is 3.50. The minimum absolute atomic E-state index is 0.284. The van der Waals surface area contributed by atoms with Crippen LogP contribution in [-0.2, 0) is 0 Å². The van der Waals surface area contributed by atoms with Crippen LogP contribution in [0.3, 0.4) is 0 Å². The van der Waals surface area contributed by atoms with Gasteiger partial charge in [-0.15, -0.1) is 0 Å². The van der Waals surface area contributed by atoms with E-state index in [0.29, 0.717) is 30.3 Å². The first-order valence-electron chi connectivity index (χ1n) is 6.64. The van der Waals surface area contributed by atoms with Gasteiger partial charge in [-0.25, -0.2) is 4.98 Å². The van der Waals surface area contributed by atoms with Crippen LogP contribution in [0.1, 0.15) is 26.2 Å². The van der Waals surface area contributed by atoms with Crippen molar-refractivity contribution < 1.29 is 9.84 Å². The number of nitrogens with zero attached hydrogens (tertiary/aromatic N) is 2. The Balaban J connectivity index is 1.87. The summed E-state index contributed by atoms with van der Waals surface area (Å²) >= 11 is 0. The van der Waals surface area contributed by atoms with Gasteiger partial charge in [0.1, 0.15) is 0 Å². The van der Waals surface area contributed by atoms with Crippen LogP contribution >= 0.6 is 0 Å². The lowest BCUT2D eigenvalue weighted by molar-refractivity contribution is 0.198. The van der Waals surface area contributed by atoms with Crippen molar-refractivity contribution in [1.29, 1.82) is 0 Å². The van der Waals surface area contributed by atoms with E-state index in [1.54, 1.807) is 12.3 Å². The number of hydrogen-bond donors (Lipinski definition) is 2. The molecule has 2 atom stereocenters. The average molecular weight is 251 g/mol. The summed E-state index contributed by atoms with van der Waals surface area (Å²) in [4.78, 5) is 8.44. The van der Waals surface area contributed by atoms with Crippen molar-refractivity contribution >= 4 is 5.95 Å². The van der Waals surface area contributed by atoms with Gasteiger partial charge in [0, 0.05) is 25.4 Å². The summed E-state index contributed by atoms with van der Waals surface area (Å²) in [5.74, 6) is 2.14. The summed E-state index contributed by atoms with van der Waals surface area (Å²) in [5, 5.41) is 12.5. The number of aliphatic hydroxyl groups excluding tert-OH is 1. The first kappa shape index (κ1) is 13.1. The fourth-order valence-electron chi connectivity index (χ4n) is 2.50. The summed E-state index contributed by atoms with van der Waals surface area (Å²) in [6.45, 7) is 3.64. The average Bonchev–Trinajstić information content (AvgIpc) is 2.84. The molecule has 1 saturated carbocycles. The summed E-state index contributed by atoms with van der Waals surface area (Å²) in [6.07, 6.45) is 5.20. The van der Waals surface area contributed by atoms with Crippen LogP contribution in [0.2, 0.25) is 0 Å². The highest BCUT2D eigenvalue weighted by atomic mass is 16.5. The standard InChI is InChI=1S/C13H21N3O2/c1-2-18-12-6-7-14-13(16-12)15-8-10-4-3-5-11(10)9-17/h6-7,10-11,17H,2-5,8-9H2,1H3,(H,14,15,16). The minimum atomic E-state index is 0.284. The second kappa shape index (κ2) is 6.54. The van der Waals surface area contributed by atoms with Crippen molar-refractivity contribution in [2.75, 3.05) is 25.1 Å². The summed E-state index contributed by atoms with van der Waals surface area (Å²) < 4.78 is 5.33. The van der Waals surface area contributed by atoms with Crippen molar-refractivity contribution in [1.82, 2.24) is 9.97 Å². The molecule has 0 saturated heterocycles. The fourth-order valence-corrected chi connectivity index (χ4v) is 2.50. The lowest BCUT2D eigenvalue weighted by atomic mass is 9.97. The van der Waals surface area contributed by atoms with E-state index in [9.17, 15) is 5.11 Å². The molecular formula is C13H21N3O2. The monoisotopic (exact) mass is 251 g/mol. The van der Waals surface area contributed by atoms with Crippen molar-refractivity contribution in [3.8, 4) is 5.88 Å². The highest BCUT2D eigenvalue weighted by Gasteiger charge is 2.26. The Bertz CT molecular complexity index is 373. The van der Waals surface area contributed by atoms with Crippen LogP contribution in [0, 0.1) is 11.8 Å². The molecule has 2 rings (SSSR count). The molecule has 0 bridgehead atoms. The molecule has 0 aliphatic heterocycles. The first-order chi connectivity index (χ1) is 8.83. The first-order valence-corrected chi connectivity index (χ1v) is 6.64. The zero-order valence-electron chi connectivity index (χ0n) is 10.8. The van der Waals surface area contributed by atoms with Crippen LogP contribution in [0.5, 0.6) is 5.88 Å². The maximum absolute atomic E-state index is 9.27. The number of anilines is 1. The number of aliphatic hydroxyl groups is 1. The molecule has 0 radical (unpaired) electrons. The largest absolute Gasteiger partial charge is 0.478 e. The molecule has 1 fully saturated rings. The van der Waals surface area contributed by atoms with Gasteiger partial charge in [-0.1, -0.05) is 6.42 Å². The van der Waals surface area contributed by atoms with Crippen molar-refractivity contribution in [3.63, 3.8) is 0 Å². The lowest BCUT2D eigenvalue weighted by Crippen LogP contribution is -2.21. The molecule has 1 aromatic heterocycles. The van der Waals surface area contributed by atoms with Crippen LogP contribution in [0.25, 0.3) is 0 Å². The third kappa shape index (κ3) is 3.32. The van der Waals surface area contributed by atoms with Gasteiger partial charge >= 0.3 is 0 Å². The number of aromatic nitrogens is 2. The second-order valence-electron chi connectivity index (χ2n) is 4.67. The molecule has 5 nitrogen and oxygen atoms in total. The van der Waals surface area contributed by atoms with Crippen LogP contribution < -0.4 is 10.1 Å². The number of ether oxygens (including phenoxy) is 1. The molecule has 1 heterocycles. The second-order valence-corrected chi connectivity index (χ2v) is 4.67. The Kier molecular flexibility index (Phi) is 4.75. The zero-order valence-corrected chi connectivity index (χ0v) is 10.8. The SMILES string of the molecule is CCOc1ccnc(NCC2CCCC2CO)n1. The third-order valence-electron chi connectivity index (χ3n) is 3.50. The van der Waals surface area contributed by atoms with Crippen LogP contribution in [0.15, 0.2) is 12.3 Å². The van der Waals surface area contributed by atoms with Crippen molar-refractivity contribution in [3.05, 3.63) is 12.3 Å². The van der Waals surface area contributed by atoms with Gasteiger partial charge in [0.05, 0.1) is 6.61 Å². The van der Waals surface area contributed by atoms with Crippen molar-refractivity contribution in [2.24, 2.45) is 11.8 Å². The zero-order chi connectivity index (χ0) is 12.8. The number of rotatable bonds is 6. The lowest BCUT2D eigenvalue weighted by Gasteiger charge is -2.17. The van der Waals surface area contributed by atoms with Gasteiger partial charge < -0.3 is 15.2 Å². The summed E-state index contributed by atoms with van der Waals surface area (Å²) in [5.41, 5.74) is 0. The van der Waals surface area contributed by atoms with E-state index in [1.807, 2.05) is 6.92 Å². The maximum Gasteiger partial charge on any atom is 0.225 e. The van der Waals surface area contributed by atoms with Gasteiger partial charge in [0.15, 0.2) is 0 Å². The molecule has 2 N–H and O–H groups in total. The molecule has 1 aliphatic rings. The summed E-state index contributed by atoms with van der Waals surface area (Å²) in [6, 6.07) is 1.75. The van der Waals surface area contributed by atoms with E-state index < -0.39 is 0 Å². The fraction of sp³-hybridized carbons (Fsp3) is 0.692. The minimum Gasteiger partial charge on any atom is -0.478 e. The Morgan fingerprint density at radius 3 is 3.06 bits per heavy atom.